The van der Waals surface area contributed by atoms with Crippen molar-refractivity contribution in [3.05, 3.63) is 17.2 Å². The van der Waals surface area contributed by atoms with Crippen LogP contribution >= 0.6 is 0 Å². The maximum absolute atomic E-state index is 11.1. The van der Waals surface area contributed by atoms with E-state index >= 15 is 0 Å². The van der Waals surface area contributed by atoms with Crippen LogP contribution in [0.1, 0.15) is 41.5 Å². The van der Waals surface area contributed by atoms with Crippen molar-refractivity contribution in [2.45, 2.75) is 32.5 Å². The van der Waals surface area contributed by atoms with E-state index in [4.69, 9.17) is 5.11 Å². The second-order valence-corrected chi connectivity index (χ2v) is 3.68. The summed E-state index contributed by atoms with van der Waals surface area (Å²) in [4.78, 5) is 17.7. The quantitative estimate of drug-likeness (QED) is 0.517. The molecule has 1 aromatic rings. The van der Waals surface area contributed by atoms with Gasteiger partial charge >= 0.3 is 0 Å². The third-order valence-corrected chi connectivity index (χ3v) is 2.33. The molecule has 2 atom stereocenters. The number of aliphatic hydroxyl groups is 3. The maximum Gasteiger partial charge on any atom is 0.194 e. The average Bonchev–Trinajstić information content (AvgIpc) is 2.60. The zero-order valence-corrected chi connectivity index (χ0v) is 9.27. The lowest BCUT2D eigenvalue weighted by atomic mass is 10.1. The first kappa shape index (κ1) is 12.8. The molecule has 1 rings (SSSR count). The number of Topliss-reactive ketones (excluding diaryl/α,β-unsaturated/α-hetero) is 1. The van der Waals surface area contributed by atoms with Gasteiger partial charge in [0.05, 0.1) is 11.8 Å². The highest BCUT2D eigenvalue weighted by molar-refractivity contribution is 5.90. The number of hydrogen-bond donors (Lipinski definition) is 4. The fraction of sp³-hybridized carbons (Fsp3) is 0.600. The SMILES string of the molecule is CC(=O)c1nc(C(O)C(O)CCO)c(C)[nH]1. The van der Waals surface area contributed by atoms with E-state index in [0.29, 0.717) is 5.69 Å². The molecule has 0 saturated carbocycles. The van der Waals surface area contributed by atoms with Crippen LogP contribution in [0.15, 0.2) is 0 Å². The number of hydrogen-bond acceptors (Lipinski definition) is 5. The largest absolute Gasteiger partial charge is 0.396 e. The van der Waals surface area contributed by atoms with Gasteiger partial charge in [0.1, 0.15) is 6.10 Å². The van der Waals surface area contributed by atoms with Crippen molar-refractivity contribution in [2.24, 2.45) is 0 Å². The summed E-state index contributed by atoms with van der Waals surface area (Å²) in [7, 11) is 0. The van der Waals surface area contributed by atoms with Gasteiger partial charge in [-0.05, 0) is 13.3 Å². The number of aromatic nitrogens is 2. The lowest BCUT2D eigenvalue weighted by molar-refractivity contribution is 0.00173. The molecule has 90 valence electrons. The highest BCUT2D eigenvalue weighted by Crippen LogP contribution is 2.20. The summed E-state index contributed by atoms with van der Waals surface area (Å²) in [5, 5.41) is 27.9. The van der Waals surface area contributed by atoms with E-state index in [1.165, 1.54) is 6.92 Å². The molecule has 0 saturated heterocycles. The first-order chi connectivity index (χ1) is 7.47. The van der Waals surface area contributed by atoms with Gasteiger partial charge in [0.25, 0.3) is 0 Å². The molecule has 0 amide bonds. The van der Waals surface area contributed by atoms with Gasteiger partial charge < -0.3 is 20.3 Å². The third-order valence-electron chi connectivity index (χ3n) is 2.33. The number of aryl methyl sites for hydroxylation is 1. The highest BCUT2D eigenvalue weighted by Gasteiger charge is 2.23. The summed E-state index contributed by atoms with van der Waals surface area (Å²) in [5.74, 6) is -0.0825. The van der Waals surface area contributed by atoms with Crippen molar-refractivity contribution < 1.29 is 20.1 Å². The number of rotatable bonds is 5. The molecule has 0 spiro atoms. The molecule has 6 heteroatoms. The fourth-order valence-corrected chi connectivity index (χ4v) is 1.40. The number of nitrogens with one attached hydrogen (secondary N) is 1. The number of aliphatic hydroxyl groups excluding tert-OH is 3. The predicted octanol–water partition coefficient (Wildman–Crippen LogP) is -0.303. The van der Waals surface area contributed by atoms with Crippen molar-refractivity contribution >= 4 is 5.78 Å². The summed E-state index contributed by atoms with van der Waals surface area (Å²) >= 11 is 0. The predicted molar refractivity (Wildman–Crippen MR) is 56.0 cm³/mol. The van der Waals surface area contributed by atoms with Crippen LogP contribution < -0.4 is 0 Å². The Hall–Kier alpha value is -1.24. The van der Waals surface area contributed by atoms with Crippen molar-refractivity contribution in [3.8, 4) is 0 Å². The van der Waals surface area contributed by atoms with Crippen LogP contribution in [0.4, 0.5) is 0 Å². The minimum Gasteiger partial charge on any atom is -0.396 e. The zero-order chi connectivity index (χ0) is 12.3. The van der Waals surface area contributed by atoms with Gasteiger partial charge in [-0.1, -0.05) is 0 Å². The average molecular weight is 228 g/mol. The lowest BCUT2D eigenvalue weighted by Gasteiger charge is -2.15. The second kappa shape index (κ2) is 5.20. The summed E-state index contributed by atoms with van der Waals surface area (Å²) in [6, 6.07) is 0. The Bertz CT molecular complexity index is 375. The summed E-state index contributed by atoms with van der Waals surface area (Å²) in [6.07, 6.45) is -2.23. The van der Waals surface area contributed by atoms with Crippen molar-refractivity contribution in [2.75, 3.05) is 6.61 Å². The van der Waals surface area contributed by atoms with E-state index < -0.39 is 12.2 Å². The van der Waals surface area contributed by atoms with E-state index in [9.17, 15) is 15.0 Å². The molecular weight excluding hydrogens is 212 g/mol. The Morgan fingerprint density at radius 3 is 2.56 bits per heavy atom. The number of aromatic amines is 1. The van der Waals surface area contributed by atoms with Gasteiger partial charge in [-0.25, -0.2) is 4.98 Å². The first-order valence-corrected chi connectivity index (χ1v) is 5.01. The minimum atomic E-state index is -1.20. The Kier molecular flexibility index (Phi) is 4.17. The molecular formula is C10H16N2O4. The monoisotopic (exact) mass is 228 g/mol. The molecule has 0 aliphatic rings. The number of imidazole rings is 1. The summed E-state index contributed by atoms with van der Waals surface area (Å²) in [5.41, 5.74) is 0.779. The standard InChI is InChI=1S/C10H16N2O4/c1-5-8(9(16)7(15)3-4-13)12-10(11-5)6(2)14/h7,9,13,15-16H,3-4H2,1-2H3,(H,11,12). The Balaban J connectivity index is 2.90. The van der Waals surface area contributed by atoms with E-state index in [1.54, 1.807) is 6.92 Å². The zero-order valence-electron chi connectivity index (χ0n) is 9.27. The first-order valence-electron chi connectivity index (χ1n) is 5.01. The van der Waals surface area contributed by atoms with Crippen LogP contribution in [-0.4, -0.2) is 43.8 Å². The third kappa shape index (κ3) is 2.66. The van der Waals surface area contributed by atoms with Crippen molar-refractivity contribution in [3.63, 3.8) is 0 Å². The summed E-state index contributed by atoms with van der Waals surface area (Å²) in [6.45, 7) is 2.80. The van der Waals surface area contributed by atoms with Crippen molar-refractivity contribution in [1.82, 2.24) is 9.97 Å². The maximum atomic E-state index is 11.1. The van der Waals surface area contributed by atoms with Gasteiger partial charge in [0.15, 0.2) is 11.6 Å². The number of H-pyrrole nitrogens is 1. The highest BCUT2D eigenvalue weighted by atomic mass is 16.3. The molecule has 1 heterocycles. The summed E-state index contributed by atoms with van der Waals surface area (Å²) < 4.78 is 0. The normalized spacial score (nSPS) is 14.8. The van der Waals surface area contributed by atoms with E-state index in [1.807, 2.05) is 0 Å². The van der Waals surface area contributed by atoms with Crippen LogP contribution in [0.2, 0.25) is 0 Å². The Morgan fingerprint density at radius 2 is 2.12 bits per heavy atom. The van der Waals surface area contributed by atoms with Crippen molar-refractivity contribution in [1.29, 1.82) is 0 Å². The number of carbonyl (C=O) groups excluding carboxylic acids is 1. The molecule has 0 fully saturated rings. The molecule has 16 heavy (non-hydrogen) atoms. The number of nitrogens with zero attached hydrogens (tertiary/aromatic N) is 1. The molecule has 0 bridgehead atoms. The van der Waals surface area contributed by atoms with Gasteiger partial charge in [0, 0.05) is 19.2 Å². The molecule has 0 aliphatic heterocycles. The number of ketones is 1. The van der Waals surface area contributed by atoms with Gasteiger partial charge in [0.2, 0.25) is 0 Å². The topological polar surface area (TPSA) is 106 Å². The van der Waals surface area contributed by atoms with Crippen LogP contribution in [0, 0.1) is 6.92 Å². The van der Waals surface area contributed by atoms with E-state index in [2.05, 4.69) is 9.97 Å². The van der Waals surface area contributed by atoms with Gasteiger partial charge in [-0.15, -0.1) is 0 Å². The lowest BCUT2D eigenvalue weighted by Crippen LogP contribution is -2.20. The molecule has 0 aliphatic carbocycles. The van der Waals surface area contributed by atoms with Crippen LogP contribution in [0.5, 0.6) is 0 Å². The Labute approximate surface area is 93.0 Å². The van der Waals surface area contributed by atoms with Gasteiger partial charge in [-0.2, -0.15) is 0 Å². The van der Waals surface area contributed by atoms with Crippen LogP contribution in [0.3, 0.4) is 0 Å². The molecule has 4 N–H and O–H groups in total. The smallest absolute Gasteiger partial charge is 0.194 e. The minimum absolute atomic E-state index is 0.0584. The van der Waals surface area contributed by atoms with Crippen LogP contribution in [-0.2, 0) is 0 Å². The number of carbonyl (C=O) groups is 1. The second-order valence-electron chi connectivity index (χ2n) is 3.68. The molecule has 0 aromatic carbocycles. The molecule has 0 radical (unpaired) electrons. The Morgan fingerprint density at radius 1 is 1.50 bits per heavy atom. The van der Waals surface area contributed by atoms with E-state index in [-0.39, 0.29) is 30.3 Å². The fourth-order valence-electron chi connectivity index (χ4n) is 1.40. The molecule has 6 nitrogen and oxygen atoms in total. The molecule has 1 aromatic heterocycles. The van der Waals surface area contributed by atoms with E-state index in [0.717, 1.165) is 0 Å². The van der Waals surface area contributed by atoms with Crippen LogP contribution in [0.25, 0.3) is 0 Å². The van der Waals surface area contributed by atoms with Gasteiger partial charge in [-0.3, -0.25) is 4.79 Å². The molecule has 2 unspecified atom stereocenters.